The molecule has 6 heteroatoms. The molecule has 0 saturated heterocycles. The minimum absolute atomic E-state index is 0.470. The van der Waals surface area contributed by atoms with Crippen LogP contribution in [0.15, 0.2) is 63.9 Å². The lowest BCUT2D eigenvalue weighted by atomic mass is 10.2. The number of nitrogens with zero attached hydrogens (tertiary/aromatic N) is 2. The van der Waals surface area contributed by atoms with Crippen LogP contribution in [0, 0.1) is 0 Å². The van der Waals surface area contributed by atoms with Crippen LogP contribution >= 0.6 is 0 Å². The van der Waals surface area contributed by atoms with Gasteiger partial charge >= 0.3 is 0 Å². The van der Waals surface area contributed by atoms with Gasteiger partial charge in [0.15, 0.2) is 0 Å². The van der Waals surface area contributed by atoms with Gasteiger partial charge in [0.25, 0.3) is 0 Å². The molecule has 0 radical (unpaired) electrons. The number of nitrogens with one attached hydrogen (secondary N) is 1. The average Bonchev–Trinajstić information content (AvgIpc) is 3.09. The summed E-state index contributed by atoms with van der Waals surface area (Å²) in [7, 11) is -1.05. The van der Waals surface area contributed by atoms with Crippen LogP contribution in [0.1, 0.15) is 24.3 Å². The van der Waals surface area contributed by atoms with E-state index in [9.17, 15) is 4.21 Å². The highest BCUT2D eigenvalue weighted by atomic mass is 32.2. The third-order valence-corrected chi connectivity index (χ3v) is 4.88. The topological polar surface area (TPSA) is 68.0 Å². The van der Waals surface area contributed by atoms with Crippen LogP contribution in [0.2, 0.25) is 0 Å². The molecule has 0 saturated carbocycles. The highest BCUT2D eigenvalue weighted by Gasteiger charge is 2.07. The zero-order valence-corrected chi connectivity index (χ0v) is 14.3. The number of aromatic nitrogens is 2. The van der Waals surface area contributed by atoms with Crippen LogP contribution in [0.25, 0.3) is 0 Å². The molecule has 1 atom stereocenters. The first-order chi connectivity index (χ1) is 11.7. The molecule has 0 unspecified atom stereocenters. The normalized spacial score (nSPS) is 12.0. The lowest BCUT2D eigenvalue weighted by Gasteiger charge is -2.07. The van der Waals surface area contributed by atoms with Gasteiger partial charge in [0, 0.05) is 17.0 Å². The lowest BCUT2D eigenvalue weighted by molar-refractivity contribution is 0.460. The third kappa shape index (κ3) is 4.29. The Morgan fingerprint density at radius 3 is 2.58 bits per heavy atom. The van der Waals surface area contributed by atoms with Gasteiger partial charge < -0.3 is 9.73 Å². The Morgan fingerprint density at radius 2 is 1.83 bits per heavy atom. The van der Waals surface area contributed by atoms with E-state index in [0.29, 0.717) is 24.1 Å². The molecule has 3 aromatic rings. The lowest BCUT2D eigenvalue weighted by Crippen LogP contribution is -2.01. The summed E-state index contributed by atoms with van der Waals surface area (Å²) in [5, 5.41) is 11.2. The summed E-state index contributed by atoms with van der Waals surface area (Å²) >= 11 is 0. The molecule has 0 spiro atoms. The van der Waals surface area contributed by atoms with E-state index >= 15 is 0 Å². The number of aryl methyl sites for hydroxylation is 1. The molecule has 0 bridgehead atoms. The van der Waals surface area contributed by atoms with E-state index in [2.05, 4.69) is 15.5 Å². The van der Waals surface area contributed by atoms with E-state index in [4.69, 9.17) is 4.42 Å². The van der Waals surface area contributed by atoms with Crippen LogP contribution in [0.5, 0.6) is 0 Å². The maximum absolute atomic E-state index is 12.4. The number of hydrogen-bond donors (Lipinski definition) is 1. The number of rotatable bonds is 7. The summed E-state index contributed by atoms with van der Waals surface area (Å²) in [6.07, 6.45) is 0.730. The zero-order valence-electron chi connectivity index (χ0n) is 13.4. The van der Waals surface area contributed by atoms with Crippen molar-refractivity contribution in [1.29, 1.82) is 0 Å². The standard InChI is InChI=1S/C18H19N3O2S/c1-2-17-20-21-18(23-17)12-19-15-8-6-7-14(11-15)13-24(22)16-9-4-3-5-10-16/h3-11,19H,2,12-13H2,1H3/t24-/m1/s1. The third-order valence-electron chi connectivity index (χ3n) is 3.49. The first-order valence-electron chi connectivity index (χ1n) is 7.82. The van der Waals surface area contributed by atoms with Crippen LogP contribution in [-0.4, -0.2) is 14.4 Å². The predicted octanol–water partition coefficient (Wildman–Crippen LogP) is 3.55. The van der Waals surface area contributed by atoms with Gasteiger partial charge in [0.05, 0.1) is 23.1 Å². The fourth-order valence-corrected chi connectivity index (χ4v) is 3.37. The Labute approximate surface area is 143 Å². The Morgan fingerprint density at radius 1 is 1.04 bits per heavy atom. The summed E-state index contributed by atoms with van der Waals surface area (Å²) in [5.74, 6) is 1.68. The molecular weight excluding hydrogens is 322 g/mol. The van der Waals surface area contributed by atoms with Gasteiger partial charge in [-0.25, -0.2) is 0 Å². The van der Waals surface area contributed by atoms with Gasteiger partial charge in [-0.2, -0.15) is 0 Å². The molecule has 0 fully saturated rings. The highest BCUT2D eigenvalue weighted by molar-refractivity contribution is 7.84. The van der Waals surface area contributed by atoms with E-state index in [1.165, 1.54) is 0 Å². The molecule has 0 aliphatic carbocycles. The predicted molar refractivity (Wildman–Crippen MR) is 94.0 cm³/mol. The molecule has 0 aliphatic rings. The summed E-state index contributed by atoms with van der Waals surface area (Å²) in [6, 6.07) is 17.4. The summed E-state index contributed by atoms with van der Waals surface area (Å²) in [6.45, 7) is 2.44. The SMILES string of the molecule is CCc1nnc(CNc2cccc(C[S@@](=O)c3ccccc3)c2)o1. The van der Waals surface area contributed by atoms with Crippen molar-refractivity contribution in [3.8, 4) is 0 Å². The van der Waals surface area contributed by atoms with Crippen molar-refractivity contribution >= 4 is 16.5 Å². The molecule has 5 nitrogen and oxygen atoms in total. The molecule has 1 aromatic heterocycles. The first kappa shape index (κ1) is 16.4. The van der Waals surface area contributed by atoms with Crippen molar-refractivity contribution in [2.45, 2.75) is 30.5 Å². The van der Waals surface area contributed by atoms with Gasteiger partial charge in [0.2, 0.25) is 11.8 Å². The van der Waals surface area contributed by atoms with Crippen molar-refractivity contribution in [3.05, 3.63) is 71.9 Å². The van der Waals surface area contributed by atoms with Crippen molar-refractivity contribution < 1.29 is 8.63 Å². The second kappa shape index (κ2) is 7.88. The Bertz CT molecular complexity index is 818. The molecule has 0 amide bonds. The van der Waals surface area contributed by atoms with Crippen molar-refractivity contribution in [2.75, 3.05) is 5.32 Å². The number of anilines is 1. The van der Waals surface area contributed by atoms with Crippen LogP contribution in [0.3, 0.4) is 0 Å². The second-order valence-electron chi connectivity index (χ2n) is 5.30. The smallest absolute Gasteiger partial charge is 0.235 e. The fourth-order valence-electron chi connectivity index (χ4n) is 2.26. The van der Waals surface area contributed by atoms with E-state index in [1.54, 1.807) is 0 Å². The largest absolute Gasteiger partial charge is 0.423 e. The van der Waals surface area contributed by atoms with Crippen LogP contribution in [-0.2, 0) is 29.5 Å². The van der Waals surface area contributed by atoms with Gasteiger partial charge in [-0.1, -0.05) is 37.3 Å². The second-order valence-corrected chi connectivity index (χ2v) is 6.75. The van der Waals surface area contributed by atoms with Gasteiger partial charge in [0.1, 0.15) is 0 Å². The van der Waals surface area contributed by atoms with E-state index < -0.39 is 10.8 Å². The minimum Gasteiger partial charge on any atom is -0.423 e. The molecule has 1 heterocycles. The van der Waals surface area contributed by atoms with Crippen LogP contribution in [0.4, 0.5) is 5.69 Å². The Kier molecular flexibility index (Phi) is 5.38. The van der Waals surface area contributed by atoms with E-state index in [-0.39, 0.29) is 0 Å². The molecule has 3 rings (SSSR count). The monoisotopic (exact) mass is 341 g/mol. The van der Waals surface area contributed by atoms with Gasteiger partial charge in [-0.15, -0.1) is 10.2 Å². The molecule has 124 valence electrons. The first-order valence-corrected chi connectivity index (χ1v) is 9.14. The summed E-state index contributed by atoms with van der Waals surface area (Å²) in [4.78, 5) is 0.841. The zero-order chi connectivity index (χ0) is 16.8. The molecule has 2 aromatic carbocycles. The maximum Gasteiger partial charge on any atom is 0.235 e. The summed E-state index contributed by atoms with van der Waals surface area (Å²) < 4.78 is 17.9. The fraction of sp³-hybridized carbons (Fsp3) is 0.222. The Balaban J connectivity index is 1.62. The van der Waals surface area contributed by atoms with E-state index in [1.807, 2.05) is 61.5 Å². The Hall–Kier alpha value is -2.47. The number of benzene rings is 2. The van der Waals surface area contributed by atoms with E-state index in [0.717, 1.165) is 22.6 Å². The van der Waals surface area contributed by atoms with Crippen LogP contribution < -0.4 is 5.32 Å². The maximum atomic E-state index is 12.4. The highest BCUT2D eigenvalue weighted by Crippen LogP contribution is 2.16. The average molecular weight is 341 g/mol. The number of hydrogen-bond acceptors (Lipinski definition) is 5. The molecular formula is C18H19N3O2S. The molecule has 24 heavy (non-hydrogen) atoms. The molecule has 1 N–H and O–H groups in total. The van der Waals surface area contributed by atoms with Crippen molar-refractivity contribution in [1.82, 2.24) is 10.2 Å². The summed E-state index contributed by atoms with van der Waals surface area (Å²) in [5.41, 5.74) is 1.95. The van der Waals surface area contributed by atoms with Crippen molar-refractivity contribution in [2.24, 2.45) is 0 Å². The minimum atomic E-state index is -1.05. The van der Waals surface area contributed by atoms with Gasteiger partial charge in [-0.3, -0.25) is 4.21 Å². The van der Waals surface area contributed by atoms with Crippen molar-refractivity contribution in [3.63, 3.8) is 0 Å². The molecule has 0 aliphatic heterocycles. The van der Waals surface area contributed by atoms with Gasteiger partial charge in [-0.05, 0) is 29.8 Å². The quantitative estimate of drug-likeness (QED) is 0.712.